The molecule has 0 saturated carbocycles. The molecule has 0 heterocycles. The number of carboxylic acids is 5. The minimum atomic E-state index is -1.66. The molecule has 0 aliphatic carbocycles. The highest BCUT2D eigenvalue weighted by Gasteiger charge is 2.36. The summed E-state index contributed by atoms with van der Waals surface area (Å²) in [5.41, 5.74) is 43.9. The normalized spacial score (nSPS) is 12.9. The van der Waals surface area contributed by atoms with E-state index < -0.39 is 200 Å². The van der Waals surface area contributed by atoms with Crippen molar-refractivity contribution in [2.75, 3.05) is 111 Å². The van der Waals surface area contributed by atoms with Crippen LogP contribution < -0.4 is 131 Å². The second-order valence-electron chi connectivity index (χ2n) is 26.0. The first-order chi connectivity index (χ1) is 54.1. The van der Waals surface area contributed by atoms with Gasteiger partial charge in [-0.2, -0.15) is 0 Å². The van der Waals surface area contributed by atoms with Crippen LogP contribution in [0.3, 0.4) is 0 Å². The molecule has 0 aromatic carbocycles. The Morgan fingerprint density at radius 2 is 0.391 bits per heavy atom. The van der Waals surface area contributed by atoms with E-state index >= 15 is 0 Å². The Hall–Kier alpha value is -12.8. The van der Waals surface area contributed by atoms with Crippen LogP contribution in [0.4, 0.5) is 0 Å². The quantitative estimate of drug-likeness (QED) is 0.0153. The van der Waals surface area contributed by atoms with E-state index in [2.05, 4.69) is 85.1 Å². The first kappa shape index (κ1) is 102. The second-order valence-corrected chi connectivity index (χ2v) is 26.0. The van der Waals surface area contributed by atoms with Gasteiger partial charge >= 0.3 is 29.8 Å². The van der Waals surface area contributed by atoms with Gasteiger partial charge in [0.15, 0.2) is 47.7 Å². The number of nitrogens with one attached hydrogen (secondary N) is 24. The maximum absolute atomic E-state index is 14.9. The van der Waals surface area contributed by atoms with Crippen LogP contribution in [0.25, 0.3) is 0 Å². The smallest absolute Gasteiger partial charge is 0.326 e. The Kier molecular flexibility index (Phi) is 51.6. The van der Waals surface area contributed by atoms with Gasteiger partial charge in [-0.15, -0.1) is 0 Å². The lowest BCUT2D eigenvalue weighted by Gasteiger charge is -2.29. The van der Waals surface area contributed by atoms with Crippen LogP contribution in [-0.4, -0.2) is 325 Å². The number of nitrogens with zero attached hydrogens (tertiary/aromatic N) is 3. The van der Waals surface area contributed by atoms with Gasteiger partial charge in [0.2, 0.25) is 47.3 Å². The number of carbonyl (C=O) groups is 13. The summed E-state index contributed by atoms with van der Waals surface area (Å²) in [5, 5.41) is 150. The predicted octanol–water partition coefficient (Wildman–Crippen LogP) is -12.7. The number of nitrogens with two attached hydrogens (primary N) is 8. The second kappa shape index (κ2) is 58.1. The van der Waals surface area contributed by atoms with Crippen LogP contribution in [0.1, 0.15) is 103 Å². The van der Waals surface area contributed by atoms with E-state index in [1.807, 2.05) is 0 Å². The molecule has 8 amide bonds. The van der Waals surface area contributed by atoms with Crippen molar-refractivity contribution in [1.29, 1.82) is 43.3 Å². The molecule has 0 aliphatic heterocycles. The zero-order valence-corrected chi connectivity index (χ0v) is 64.0. The van der Waals surface area contributed by atoms with E-state index in [0.29, 0.717) is 0 Å². The molecular formula is C62H119N35O18. The number of carboxylic acid groups (broad SMARTS) is 5. The van der Waals surface area contributed by atoms with Crippen LogP contribution in [0, 0.1) is 43.3 Å². The van der Waals surface area contributed by atoms with Gasteiger partial charge in [-0.3, -0.25) is 116 Å². The Bertz CT molecular complexity index is 3270. The first-order valence-corrected chi connectivity index (χ1v) is 36.4. The fraction of sp³-hybridized carbons (Fsp3) is 0.661. The zero-order chi connectivity index (χ0) is 87.1. The van der Waals surface area contributed by atoms with Crippen molar-refractivity contribution in [1.82, 2.24) is 99.8 Å². The number of amides is 8. The van der Waals surface area contributed by atoms with Crippen LogP contribution >= 0.6 is 0 Å². The summed E-state index contributed by atoms with van der Waals surface area (Å²) >= 11 is 0. The summed E-state index contributed by atoms with van der Waals surface area (Å²) in [4.78, 5) is 179. The molecule has 115 heavy (non-hydrogen) atoms. The van der Waals surface area contributed by atoms with Gasteiger partial charge in [-0.25, -0.2) is 4.79 Å². The highest BCUT2D eigenvalue weighted by atomic mass is 16.4. The highest BCUT2D eigenvalue weighted by Crippen LogP contribution is 2.12. The van der Waals surface area contributed by atoms with E-state index in [1.165, 1.54) is 4.90 Å². The Balaban J connectivity index is 7.85. The van der Waals surface area contributed by atoms with Gasteiger partial charge in [0.25, 0.3) is 0 Å². The predicted molar refractivity (Wildman–Crippen MR) is 416 cm³/mol. The number of carbonyl (C=O) groups excluding carboxylic acids is 8. The van der Waals surface area contributed by atoms with Gasteiger partial charge in [0.05, 0.1) is 32.7 Å². The molecule has 0 saturated heterocycles. The molecule has 0 spiro atoms. The highest BCUT2D eigenvalue weighted by molar-refractivity contribution is 5.98. The lowest BCUT2D eigenvalue weighted by Crippen LogP contribution is -2.60. The molecule has 45 N–H and O–H groups in total. The van der Waals surface area contributed by atoms with E-state index in [1.54, 1.807) is 0 Å². The maximum atomic E-state index is 14.9. The summed E-state index contributed by atoms with van der Waals surface area (Å²) in [6.45, 7) is -5.12. The van der Waals surface area contributed by atoms with Crippen molar-refractivity contribution < 1.29 is 87.9 Å². The number of hydrogen-bond donors (Lipinski definition) is 37. The SMILES string of the molecule is N=C(N)NCCC[C@H](NC(=O)[C@H](CCCNC(=N)N)NC(=O)[C@H](CCCNC(=N)N)NC(=O)[C@H](CCCNC(=N)N)NC(=O)[C@H](CCCNC(=N)N)NC(=O)[C@H](CCCNC(=N)N)NC(=O)[C@H](CCCNC(=N)N)NC(=O)[C@H](CCCNC(=N)N)NC(=O)CN(CCN(CCN(CC(=O)O)CC(=O)O)CC(=O)O)CC(=O)O)C(=O)O. The summed E-state index contributed by atoms with van der Waals surface area (Å²) in [6, 6.07) is -12.8. The fourth-order valence-corrected chi connectivity index (χ4v) is 10.8. The van der Waals surface area contributed by atoms with Gasteiger partial charge in [-0.1, -0.05) is 0 Å². The standard InChI is InChI=1S/C62H119N35O18/c63-55(64)79-17-1-9-34(87-42(98)29-96(31-44(101)102)27-25-95(30-43(99)100)26-28-97(32-45(103)104)33-46(105)106)47(107)88-35(10-2-18-80-56(65)66)48(108)89-36(11-3-19-81-57(67)68)49(109)90-37(12-4-20-82-58(69)70)50(110)91-38(13-5-21-83-59(71)72)51(111)92-39(14-6-22-84-60(73)74)52(112)93-40(15-7-23-85-61(75)76)53(113)94-41(54(114)115)16-8-24-86-62(77)78/h34-41H,1-33H2,(H,87,98)(H,88,107)(H,89,108)(H,90,109)(H,91,110)(H,92,111)(H,93,112)(H,94,113)(H,99,100)(H,101,102)(H,103,104)(H,105,106)(H,114,115)(H4,63,64,79)(H4,65,66,80)(H4,67,68,81)(H4,69,70,82)(H4,71,72,83)(H4,73,74,84)(H4,75,76,85)(H4,77,78,86)/t34-,35-,36-,37-,38-,39-,40-,41-/m0/s1. The molecule has 0 rings (SSSR count). The minimum absolute atomic E-state index is 0.00385. The Morgan fingerprint density at radius 1 is 0.235 bits per heavy atom. The molecule has 0 fully saturated rings. The minimum Gasteiger partial charge on any atom is -0.480 e. The summed E-state index contributed by atoms with van der Waals surface area (Å²) in [5.74, 6) is -18.9. The third-order valence-electron chi connectivity index (χ3n) is 16.2. The number of hydrogen-bond acceptors (Lipinski definition) is 24. The third-order valence-corrected chi connectivity index (χ3v) is 16.2. The summed E-state index contributed by atoms with van der Waals surface area (Å²) < 4.78 is 0. The van der Waals surface area contributed by atoms with Gasteiger partial charge in [0.1, 0.15) is 48.3 Å². The largest absolute Gasteiger partial charge is 0.480 e. The lowest BCUT2D eigenvalue weighted by atomic mass is 10.0. The molecule has 8 atom stereocenters. The molecule has 0 aliphatic rings. The molecule has 650 valence electrons. The van der Waals surface area contributed by atoms with Gasteiger partial charge in [-0.05, 0) is 103 Å². The molecular weight excluding hydrogens is 1520 g/mol. The molecule has 53 heteroatoms. The van der Waals surface area contributed by atoms with E-state index in [0.717, 1.165) is 9.80 Å². The fourth-order valence-electron chi connectivity index (χ4n) is 10.8. The van der Waals surface area contributed by atoms with Crippen molar-refractivity contribution in [3.63, 3.8) is 0 Å². The van der Waals surface area contributed by atoms with Crippen molar-refractivity contribution in [3.05, 3.63) is 0 Å². The van der Waals surface area contributed by atoms with Crippen LogP contribution in [0.2, 0.25) is 0 Å². The van der Waals surface area contributed by atoms with Crippen molar-refractivity contribution in [3.8, 4) is 0 Å². The van der Waals surface area contributed by atoms with Gasteiger partial charge < -0.3 is 156 Å². The summed E-state index contributed by atoms with van der Waals surface area (Å²) in [7, 11) is 0. The van der Waals surface area contributed by atoms with Crippen molar-refractivity contribution in [2.45, 2.75) is 151 Å². The Labute approximate surface area is 661 Å². The average Bonchev–Trinajstić information content (AvgIpc) is 0.859. The molecule has 53 nitrogen and oxygen atoms in total. The third kappa shape index (κ3) is 52.9. The molecule has 0 aromatic rings. The van der Waals surface area contributed by atoms with Crippen molar-refractivity contribution >= 4 is 125 Å². The zero-order valence-electron chi connectivity index (χ0n) is 64.0. The van der Waals surface area contributed by atoms with Crippen LogP contribution in [-0.2, 0) is 62.3 Å². The number of guanidine groups is 8. The molecule has 0 aromatic heterocycles. The Morgan fingerprint density at radius 3 is 0.574 bits per heavy atom. The van der Waals surface area contributed by atoms with Crippen LogP contribution in [0.5, 0.6) is 0 Å². The maximum Gasteiger partial charge on any atom is 0.326 e. The van der Waals surface area contributed by atoms with Gasteiger partial charge in [0, 0.05) is 78.5 Å². The lowest BCUT2D eigenvalue weighted by molar-refractivity contribution is -0.143. The van der Waals surface area contributed by atoms with E-state index in [9.17, 15) is 87.9 Å². The van der Waals surface area contributed by atoms with E-state index in [-0.39, 0.29) is 187 Å². The molecule has 0 unspecified atom stereocenters. The summed E-state index contributed by atoms with van der Waals surface area (Å²) in [6.07, 6.45) is -2.05. The average molecular weight is 1640 g/mol. The molecule has 0 bridgehead atoms. The number of rotatable bonds is 64. The number of aliphatic carboxylic acids is 5. The monoisotopic (exact) mass is 1640 g/mol. The van der Waals surface area contributed by atoms with Crippen LogP contribution in [0.15, 0.2) is 0 Å². The topological polar surface area (TPSA) is 924 Å². The molecule has 0 radical (unpaired) electrons. The first-order valence-electron chi connectivity index (χ1n) is 36.4. The van der Waals surface area contributed by atoms with Crippen molar-refractivity contribution in [2.24, 2.45) is 45.9 Å². The van der Waals surface area contributed by atoms with E-state index in [4.69, 9.17) is 89.1 Å².